The molecule has 9 heteroatoms. The smallest absolute Gasteiger partial charge is 0.228 e. The number of nitrogens with one attached hydrogen (secondary N) is 1. The van der Waals surface area contributed by atoms with Crippen LogP contribution in [0.4, 0.5) is 5.00 Å². The molecule has 0 aromatic carbocycles. The fourth-order valence-electron chi connectivity index (χ4n) is 6.36. The molecule has 0 aliphatic heterocycles. The van der Waals surface area contributed by atoms with Crippen molar-refractivity contribution in [2.45, 2.75) is 51.0 Å². The van der Waals surface area contributed by atoms with Crippen molar-refractivity contribution >= 4 is 39.4 Å². The highest BCUT2D eigenvalue weighted by molar-refractivity contribution is 7.80. The van der Waals surface area contributed by atoms with Gasteiger partial charge < -0.3 is 15.6 Å². The van der Waals surface area contributed by atoms with Gasteiger partial charge in [0.1, 0.15) is 5.00 Å². The molecule has 3 N–H and O–H groups in total. The van der Waals surface area contributed by atoms with E-state index in [-0.39, 0.29) is 29.8 Å². The van der Waals surface area contributed by atoms with Crippen LogP contribution in [0, 0.1) is 28.6 Å². The Morgan fingerprint density at radius 1 is 1.28 bits per heavy atom. The number of amides is 2. The second-order valence-corrected chi connectivity index (χ2v) is 11.4. The highest BCUT2D eigenvalue weighted by atomic mass is 32.2. The van der Waals surface area contributed by atoms with Crippen LogP contribution in [0.3, 0.4) is 0 Å². The Bertz CT molecular complexity index is 838. The van der Waals surface area contributed by atoms with E-state index in [1.54, 1.807) is 6.07 Å². The Balaban J connectivity index is 1.30. The van der Waals surface area contributed by atoms with E-state index in [1.165, 1.54) is 15.6 Å². The zero-order chi connectivity index (χ0) is 20.4. The lowest BCUT2D eigenvalue weighted by Gasteiger charge is -2.59. The van der Waals surface area contributed by atoms with Gasteiger partial charge in [0.2, 0.25) is 11.8 Å². The summed E-state index contributed by atoms with van der Waals surface area (Å²) in [6, 6.07) is 3.65. The Morgan fingerprint density at radius 2 is 1.97 bits per heavy atom. The second-order valence-electron chi connectivity index (χ2n) is 9.60. The number of nitrogens with two attached hydrogens (primary N) is 1. The summed E-state index contributed by atoms with van der Waals surface area (Å²) < 4.78 is 24.8. The Kier molecular flexibility index (Phi) is 4.56. The number of nitrogens with zero attached hydrogens (tertiary/aromatic N) is 1. The first-order valence-electron chi connectivity index (χ1n) is 10.3. The van der Waals surface area contributed by atoms with Crippen LogP contribution in [0.25, 0.3) is 0 Å². The van der Waals surface area contributed by atoms with E-state index in [9.17, 15) is 18.4 Å². The van der Waals surface area contributed by atoms with Crippen LogP contribution in [0.5, 0.6) is 0 Å². The van der Waals surface area contributed by atoms with Gasteiger partial charge in [-0.1, -0.05) is 0 Å². The molecule has 5 aliphatic rings. The van der Waals surface area contributed by atoms with Gasteiger partial charge in [0.05, 0.1) is 5.41 Å². The van der Waals surface area contributed by atoms with Crippen molar-refractivity contribution in [3.63, 3.8) is 0 Å². The number of hydrogen-bond acceptors (Lipinski definition) is 5. The van der Waals surface area contributed by atoms with Crippen molar-refractivity contribution in [2.75, 3.05) is 10.8 Å². The van der Waals surface area contributed by atoms with Crippen LogP contribution in [0.1, 0.15) is 44.9 Å². The summed E-state index contributed by atoms with van der Waals surface area (Å²) in [5, 5.41) is 5.76. The number of primary amides is 1. The summed E-state index contributed by atoms with van der Waals surface area (Å²) in [6.07, 6.45) is 5.97. The normalized spacial score (nSPS) is 37.1. The zero-order valence-electron chi connectivity index (χ0n) is 16.2. The minimum absolute atomic E-state index is 0.0323. The van der Waals surface area contributed by atoms with Crippen LogP contribution in [0.15, 0.2) is 17.5 Å². The third-order valence-corrected chi connectivity index (χ3v) is 9.50. The van der Waals surface area contributed by atoms with Crippen molar-refractivity contribution in [1.82, 2.24) is 5.32 Å². The van der Waals surface area contributed by atoms with E-state index in [0.717, 1.165) is 32.1 Å². The average molecular weight is 437 g/mol. The lowest BCUT2D eigenvalue weighted by atomic mass is 9.47. The molecule has 158 valence electrons. The molecular formula is C20H26N3O4S2-. The standard InChI is InChI=1S/C20H27N3O4S2/c21-17(24)20-8-12-6-13(9-20)16(14(7-12)10-20)22-18(25)19(3-4-19)11-23(29(26)27)15-2-1-5-28-15/h1-2,5,12-14,16H,3-4,6-11H2,(H2,21,24)(H,22,25)(H,26,27)/p-1. The zero-order valence-corrected chi connectivity index (χ0v) is 17.8. The van der Waals surface area contributed by atoms with E-state index in [4.69, 9.17) is 5.73 Å². The Labute approximate surface area is 176 Å². The van der Waals surface area contributed by atoms with Gasteiger partial charge in [-0.25, -0.2) is 0 Å². The molecule has 3 unspecified atom stereocenters. The Morgan fingerprint density at radius 3 is 2.48 bits per heavy atom. The molecule has 0 radical (unpaired) electrons. The molecule has 0 saturated heterocycles. The maximum absolute atomic E-state index is 13.2. The monoisotopic (exact) mass is 436 g/mol. The topological polar surface area (TPSA) is 116 Å². The number of anilines is 1. The average Bonchev–Trinajstić information content (AvgIpc) is 3.26. The van der Waals surface area contributed by atoms with Gasteiger partial charge in [-0.2, -0.15) is 0 Å². The third kappa shape index (κ3) is 3.21. The summed E-state index contributed by atoms with van der Waals surface area (Å²) in [5.41, 5.74) is 4.75. The predicted octanol–water partition coefficient (Wildman–Crippen LogP) is 1.93. The molecule has 1 aromatic heterocycles. The highest BCUT2D eigenvalue weighted by Gasteiger charge is 2.59. The number of carbonyl (C=O) groups is 2. The van der Waals surface area contributed by atoms with Crippen LogP contribution in [-0.2, 0) is 20.9 Å². The van der Waals surface area contributed by atoms with Gasteiger partial charge in [-0.15, -0.1) is 11.3 Å². The van der Waals surface area contributed by atoms with Crippen molar-refractivity contribution in [3.8, 4) is 0 Å². The second kappa shape index (κ2) is 6.78. The van der Waals surface area contributed by atoms with Crippen molar-refractivity contribution in [3.05, 3.63) is 17.5 Å². The van der Waals surface area contributed by atoms with Crippen LogP contribution in [0.2, 0.25) is 0 Å². The Hall–Kier alpha value is -1.45. The molecular weight excluding hydrogens is 410 g/mol. The fourth-order valence-corrected chi connectivity index (χ4v) is 7.87. The number of hydrogen-bond donors (Lipinski definition) is 2. The van der Waals surface area contributed by atoms with Gasteiger partial charge in [-0.3, -0.25) is 18.1 Å². The van der Waals surface area contributed by atoms with Gasteiger partial charge in [0, 0.05) is 29.3 Å². The van der Waals surface area contributed by atoms with Crippen LogP contribution in [-0.4, -0.2) is 33.2 Å². The molecule has 4 bridgehead atoms. The van der Waals surface area contributed by atoms with Gasteiger partial charge in [0.25, 0.3) is 0 Å². The minimum atomic E-state index is -2.41. The highest BCUT2D eigenvalue weighted by Crippen LogP contribution is 2.60. The fraction of sp³-hybridized carbons (Fsp3) is 0.700. The summed E-state index contributed by atoms with van der Waals surface area (Å²) in [5.74, 6) is 0.936. The lowest BCUT2D eigenvalue weighted by molar-refractivity contribution is -0.148. The number of rotatable bonds is 7. The molecule has 5 saturated carbocycles. The van der Waals surface area contributed by atoms with E-state index in [1.807, 2.05) is 11.4 Å². The summed E-state index contributed by atoms with van der Waals surface area (Å²) in [7, 11) is 0. The molecule has 0 spiro atoms. The molecule has 6 rings (SSSR count). The van der Waals surface area contributed by atoms with Crippen LogP contribution >= 0.6 is 11.3 Å². The maximum atomic E-state index is 13.2. The molecule has 2 amide bonds. The number of carbonyl (C=O) groups excluding carboxylic acids is 2. The molecule has 3 atom stereocenters. The maximum Gasteiger partial charge on any atom is 0.228 e. The van der Waals surface area contributed by atoms with E-state index < -0.39 is 16.7 Å². The molecule has 5 fully saturated rings. The van der Waals surface area contributed by atoms with Crippen molar-refractivity contribution in [2.24, 2.45) is 34.3 Å². The van der Waals surface area contributed by atoms with Crippen molar-refractivity contribution in [1.29, 1.82) is 0 Å². The SMILES string of the molecule is NC(=O)C12CC3CC(C1)C(NC(=O)C1(CN(c4cccs4)S(=O)[O-])CC1)C(C3)C2. The summed E-state index contributed by atoms with van der Waals surface area (Å²) in [6.45, 7) is 0.186. The minimum Gasteiger partial charge on any atom is -0.755 e. The molecule has 7 nitrogen and oxygen atoms in total. The first-order valence-corrected chi connectivity index (χ1v) is 12.2. The summed E-state index contributed by atoms with van der Waals surface area (Å²) in [4.78, 5) is 25.4. The largest absolute Gasteiger partial charge is 0.755 e. The molecule has 29 heavy (non-hydrogen) atoms. The van der Waals surface area contributed by atoms with Gasteiger partial charge in [0.15, 0.2) is 0 Å². The van der Waals surface area contributed by atoms with Crippen molar-refractivity contribution < 1.29 is 18.4 Å². The quantitative estimate of drug-likeness (QED) is 0.635. The lowest BCUT2D eigenvalue weighted by Crippen LogP contribution is -2.62. The third-order valence-electron chi connectivity index (χ3n) is 7.81. The van der Waals surface area contributed by atoms with E-state index >= 15 is 0 Å². The molecule has 1 aromatic rings. The van der Waals surface area contributed by atoms with E-state index in [0.29, 0.717) is 35.6 Å². The number of thiophene rings is 1. The molecule has 5 aliphatic carbocycles. The van der Waals surface area contributed by atoms with Gasteiger partial charge >= 0.3 is 0 Å². The van der Waals surface area contributed by atoms with E-state index in [2.05, 4.69) is 5.32 Å². The predicted molar refractivity (Wildman–Crippen MR) is 109 cm³/mol. The van der Waals surface area contributed by atoms with Crippen LogP contribution < -0.4 is 15.4 Å². The molecule has 1 heterocycles. The first-order chi connectivity index (χ1) is 13.8. The summed E-state index contributed by atoms with van der Waals surface area (Å²) >= 11 is -1.06. The first kappa shape index (κ1) is 19.5. The van der Waals surface area contributed by atoms with Gasteiger partial charge in [-0.05, 0) is 80.2 Å².